The molecule has 3 aromatic rings. The zero-order valence-electron chi connectivity index (χ0n) is 15.6. The predicted octanol–water partition coefficient (Wildman–Crippen LogP) is 3.46. The number of benzene rings is 2. The summed E-state index contributed by atoms with van der Waals surface area (Å²) < 4.78 is 0.975. The second-order valence-electron chi connectivity index (χ2n) is 6.74. The molecule has 0 aliphatic rings. The third kappa shape index (κ3) is 3.14. The second-order valence-corrected chi connectivity index (χ2v) is 6.74. The van der Waals surface area contributed by atoms with E-state index in [1.165, 1.54) is 6.07 Å². The van der Waals surface area contributed by atoms with Gasteiger partial charge in [0.2, 0.25) is 0 Å². The van der Waals surface area contributed by atoms with Crippen molar-refractivity contribution >= 4 is 22.5 Å². The molecule has 6 heteroatoms. The molecule has 1 N–H and O–H groups in total. The van der Waals surface area contributed by atoms with Gasteiger partial charge in [0.25, 0.3) is 5.56 Å². The highest BCUT2D eigenvalue weighted by atomic mass is 16.4. The van der Waals surface area contributed by atoms with Crippen LogP contribution in [-0.2, 0) is 0 Å². The summed E-state index contributed by atoms with van der Waals surface area (Å²) >= 11 is 0. The summed E-state index contributed by atoms with van der Waals surface area (Å²) in [6.07, 6.45) is 0. The molecule has 0 amide bonds. The lowest BCUT2D eigenvalue weighted by atomic mass is 9.95. The Morgan fingerprint density at radius 1 is 1.00 bits per heavy atom. The lowest BCUT2D eigenvalue weighted by molar-refractivity contribution is 0.0687. The first-order chi connectivity index (χ1) is 12.7. The van der Waals surface area contributed by atoms with Crippen molar-refractivity contribution in [1.29, 1.82) is 0 Å². The zero-order chi connectivity index (χ0) is 19.9. The van der Waals surface area contributed by atoms with Gasteiger partial charge in [-0.3, -0.25) is 9.59 Å². The number of carboxylic acid groups (broad SMARTS) is 1. The van der Waals surface area contributed by atoms with Gasteiger partial charge < -0.3 is 5.11 Å². The summed E-state index contributed by atoms with van der Waals surface area (Å²) in [5.74, 6) is -1.53. The van der Waals surface area contributed by atoms with Crippen molar-refractivity contribution in [2.75, 3.05) is 0 Å². The number of aryl methyl sites for hydroxylation is 3. The third-order valence-electron chi connectivity index (χ3n) is 4.88. The maximum Gasteiger partial charge on any atom is 0.357 e. The first kappa shape index (κ1) is 18.5. The van der Waals surface area contributed by atoms with Gasteiger partial charge in [0.15, 0.2) is 11.5 Å². The number of fused-ring (bicyclic) bond motifs is 1. The highest BCUT2D eigenvalue weighted by Crippen LogP contribution is 2.21. The van der Waals surface area contributed by atoms with Gasteiger partial charge in [-0.15, -0.1) is 0 Å². The summed E-state index contributed by atoms with van der Waals surface area (Å²) in [5.41, 5.74) is 2.62. The molecule has 1 atom stereocenters. The minimum absolute atomic E-state index is 0.223. The van der Waals surface area contributed by atoms with Gasteiger partial charge in [-0.2, -0.15) is 5.10 Å². The molecule has 0 saturated carbocycles. The number of rotatable bonds is 4. The average Bonchev–Trinajstić information content (AvgIpc) is 2.64. The van der Waals surface area contributed by atoms with Crippen LogP contribution in [-0.4, -0.2) is 26.6 Å². The molecule has 6 nitrogen and oxygen atoms in total. The number of hydrogen-bond donors (Lipinski definition) is 1. The van der Waals surface area contributed by atoms with Gasteiger partial charge in [-0.05, 0) is 56.5 Å². The summed E-state index contributed by atoms with van der Waals surface area (Å²) in [7, 11) is 0. The standard InChI is InChI=1S/C21H20N2O4/c1-11-9-13(3)17(10-12(11)2)19(24)14(4)23-20(25)16-8-6-5-7-15(16)18(22-23)21(26)27/h5-10,14H,1-4H3,(H,26,27). The van der Waals surface area contributed by atoms with Crippen LogP contribution in [0.3, 0.4) is 0 Å². The molecule has 2 aromatic carbocycles. The van der Waals surface area contributed by atoms with Crippen LogP contribution in [0, 0.1) is 20.8 Å². The lowest BCUT2D eigenvalue weighted by Crippen LogP contribution is -2.32. The fourth-order valence-electron chi connectivity index (χ4n) is 3.19. The number of carbonyl (C=O) groups excluding carboxylic acids is 1. The van der Waals surface area contributed by atoms with Crippen molar-refractivity contribution in [3.63, 3.8) is 0 Å². The van der Waals surface area contributed by atoms with Crippen molar-refractivity contribution in [2.45, 2.75) is 33.7 Å². The van der Waals surface area contributed by atoms with Crippen molar-refractivity contribution in [1.82, 2.24) is 9.78 Å². The minimum Gasteiger partial charge on any atom is -0.476 e. The molecule has 0 aliphatic carbocycles. The summed E-state index contributed by atoms with van der Waals surface area (Å²) in [4.78, 5) is 37.5. The lowest BCUT2D eigenvalue weighted by Gasteiger charge is -2.17. The van der Waals surface area contributed by atoms with Crippen LogP contribution in [0.4, 0.5) is 0 Å². The molecule has 1 heterocycles. The Labute approximate surface area is 156 Å². The molecule has 0 aliphatic heterocycles. The van der Waals surface area contributed by atoms with E-state index < -0.39 is 17.6 Å². The molecule has 0 bridgehead atoms. The molecule has 0 fully saturated rings. The third-order valence-corrected chi connectivity index (χ3v) is 4.88. The van der Waals surface area contributed by atoms with Crippen molar-refractivity contribution in [2.24, 2.45) is 0 Å². The highest BCUT2D eigenvalue weighted by Gasteiger charge is 2.24. The van der Waals surface area contributed by atoms with Crippen LogP contribution in [0.2, 0.25) is 0 Å². The number of ketones is 1. The normalized spacial score (nSPS) is 12.1. The van der Waals surface area contributed by atoms with Crippen LogP contribution in [0.15, 0.2) is 41.2 Å². The van der Waals surface area contributed by atoms with Gasteiger partial charge >= 0.3 is 5.97 Å². The Hall–Kier alpha value is -3.28. The Bertz CT molecular complexity index is 1140. The first-order valence-corrected chi connectivity index (χ1v) is 8.59. The number of hydrogen-bond acceptors (Lipinski definition) is 4. The fraction of sp³-hybridized carbons (Fsp3) is 0.238. The number of aromatic nitrogens is 2. The summed E-state index contributed by atoms with van der Waals surface area (Å²) in [6, 6.07) is 9.17. The maximum absolute atomic E-state index is 13.1. The zero-order valence-corrected chi connectivity index (χ0v) is 15.6. The Kier molecular flexibility index (Phi) is 4.66. The molecule has 138 valence electrons. The van der Waals surface area contributed by atoms with Gasteiger partial charge in [-0.25, -0.2) is 9.48 Å². The smallest absolute Gasteiger partial charge is 0.357 e. The van der Waals surface area contributed by atoms with Crippen molar-refractivity contribution in [3.8, 4) is 0 Å². The van der Waals surface area contributed by atoms with E-state index in [0.717, 1.165) is 21.4 Å². The fourth-order valence-corrected chi connectivity index (χ4v) is 3.19. The number of Topliss-reactive ketones (excluding diaryl/α,β-unsaturated/α-hetero) is 1. The second kappa shape index (κ2) is 6.79. The molecular formula is C21H20N2O4. The van der Waals surface area contributed by atoms with Gasteiger partial charge in [0, 0.05) is 10.9 Å². The molecular weight excluding hydrogens is 344 g/mol. The van der Waals surface area contributed by atoms with Crippen LogP contribution in [0.25, 0.3) is 10.8 Å². The van der Waals surface area contributed by atoms with Crippen LogP contribution >= 0.6 is 0 Å². The molecule has 3 rings (SSSR count). The molecule has 0 spiro atoms. The van der Waals surface area contributed by atoms with Crippen LogP contribution in [0.5, 0.6) is 0 Å². The topological polar surface area (TPSA) is 89.3 Å². The Morgan fingerprint density at radius 3 is 2.22 bits per heavy atom. The molecule has 1 aromatic heterocycles. The number of carbonyl (C=O) groups is 2. The highest BCUT2D eigenvalue weighted by molar-refractivity contribution is 6.02. The van der Waals surface area contributed by atoms with E-state index in [1.54, 1.807) is 31.2 Å². The van der Waals surface area contributed by atoms with Crippen molar-refractivity contribution < 1.29 is 14.7 Å². The van der Waals surface area contributed by atoms with Crippen LogP contribution in [0.1, 0.15) is 50.5 Å². The van der Waals surface area contributed by atoms with E-state index >= 15 is 0 Å². The molecule has 0 saturated heterocycles. The molecule has 0 radical (unpaired) electrons. The molecule has 1 unspecified atom stereocenters. The van der Waals surface area contributed by atoms with E-state index in [1.807, 2.05) is 26.8 Å². The maximum atomic E-state index is 13.1. The van der Waals surface area contributed by atoms with Gasteiger partial charge in [0.1, 0.15) is 6.04 Å². The first-order valence-electron chi connectivity index (χ1n) is 8.59. The number of aromatic carboxylic acids is 1. The minimum atomic E-state index is -1.25. The van der Waals surface area contributed by atoms with Crippen LogP contribution < -0.4 is 5.56 Å². The number of carboxylic acids is 1. The van der Waals surface area contributed by atoms with E-state index in [2.05, 4.69) is 5.10 Å². The largest absolute Gasteiger partial charge is 0.476 e. The van der Waals surface area contributed by atoms with E-state index in [-0.39, 0.29) is 22.2 Å². The quantitative estimate of drug-likeness (QED) is 0.716. The summed E-state index contributed by atoms with van der Waals surface area (Å²) in [6.45, 7) is 7.28. The predicted molar refractivity (Wildman–Crippen MR) is 103 cm³/mol. The van der Waals surface area contributed by atoms with Gasteiger partial charge in [0.05, 0.1) is 5.39 Å². The Morgan fingerprint density at radius 2 is 1.59 bits per heavy atom. The Balaban J connectivity index is 2.19. The summed E-state index contributed by atoms with van der Waals surface area (Å²) in [5, 5.41) is 14.0. The number of nitrogens with zero attached hydrogens (tertiary/aromatic N) is 2. The monoisotopic (exact) mass is 364 g/mol. The van der Waals surface area contributed by atoms with Gasteiger partial charge in [-0.1, -0.05) is 24.3 Å². The van der Waals surface area contributed by atoms with E-state index in [4.69, 9.17) is 0 Å². The van der Waals surface area contributed by atoms with Crippen molar-refractivity contribution in [3.05, 3.63) is 74.7 Å². The van der Waals surface area contributed by atoms with E-state index in [0.29, 0.717) is 5.56 Å². The average molecular weight is 364 g/mol. The van der Waals surface area contributed by atoms with E-state index in [9.17, 15) is 19.5 Å². The SMILES string of the molecule is Cc1cc(C)c(C(=O)C(C)n2nc(C(=O)O)c3ccccc3c2=O)cc1C. The molecule has 27 heavy (non-hydrogen) atoms.